The number of morpholine rings is 1. The molecule has 1 aliphatic rings. The lowest BCUT2D eigenvalue weighted by Gasteiger charge is -2.29. The second kappa shape index (κ2) is 12.0. The standard InChI is InChI=1S/C28H31N5O3/c1-2-31(21-27(34)30-23-9-11-24(12-10-23)32-16-18-36-19-17-32)28(35)13-8-22-20-33(15-5-14-29)26-7-4-3-6-25(22)26/h3-4,6-13,20H,2,5,15-19,21H2,1H3,(H,30,34)/b13-8+. The van der Waals surface area contributed by atoms with Crippen LogP contribution in [0.15, 0.2) is 60.8 Å². The van der Waals surface area contributed by atoms with Gasteiger partial charge >= 0.3 is 0 Å². The number of nitrogens with one attached hydrogen (secondary N) is 1. The Balaban J connectivity index is 1.37. The summed E-state index contributed by atoms with van der Waals surface area (Å²) in [7, 11) is 0. The first-order valence-corrected chi connectivity index (χ1v) is 12.2. The number of carbonyl (C=O) groups excluding carboxylic acids is 2. The van der Waals surface area contributed by atoms with Crippen LogP contribution < -0.4 is 10.2 Å². The zero-order valence-corrected chi connectivity index (χ0v) is 20.5. The molecule has 186 valence electrons. The van der Waals surface area contributed by atoms with Gasteiger partial charge in [-0.15, -0.1) is 0 Å². The maximum atomic E-state index is 12.9. The molecule has 0 atom stereocenters. The average molecular weight is 486 g/mol. The Kier molecular flexibility index (Phi) is 8.37. The number of amides is 2. The molecule has 8 nitrogen and oxygen atoms in total. The number of carbonyl (C=O) groups is 2. The van der Waals surface area contributed by atoms with E-state index < -0.39 is 0 Å². The highest BCUT2D eigenvalue weighted by Gasteiger charge is 2.15. The molecule has 0 aliphatic carbocycles. The van der Waals surface area contributed by atoms with E-state index in [1.807, 2.05) is 66.2 Å². The summed E-state index contributed by atoms with van der Waals surface area (Å²) >= 11 is 0. The van der Waals surface area contributed by atoms with Gasteiger partial charge in [0, 0.05) is 66.3 Å². The SMILES string of the molecule is CCN(CC(=O)Nc1ccc(N2CCOCC2)cc1)C(=O)/C=C/c1cn(CCC#N)c2ccccc12. The van der Waals surface area contributed by atoms with Crippen LogP contribution in [0.1, 0.15) is 18.9 Å². The lowest BCUT2D eigenvalue weighted by atomic mass is 10.1. The van der Waals surface area contributed by atoms with Crippen molar-refractivity contribution < 1.29 is 14.3 Å². The monoisotopic (exact) mass is 485 g/mol. The number of anilines is 2. The number of aromatic nitrogens is 1. The van der Waals surface area contributed by atoms with Crippen LogP contribution in [0.2, 0.25) is 0 Å². The largest absolute Gasteiger partial charge is 0.378 e. The first-order chi connectivity index (χ1) is 17.6. The van der Waals surface area contributed by atoms with E-state index >= 15 is 0 Å². The van der Waals surface area contributed by atoms with E-state index in [0.717, 1.165) is 48.5 Å². The van der Waals surface area contributed by atoms with E-state index in [1.165, 1.54) is 11.0 Å². The van der Waals surface area contributed by atoms with Gasteiger partial charge in [0.1, 0.15) is 6.54 Å². The van der Waals surface area contributed by atoms with Gasteiger partial charge in [0.15, 0.2) is 0 Å². The summed E-state index contributed by atoms with van der Waals surface area (Å²) in [6, 6.07) is 17.8. The second-order valence-corrected chi connectivity index (χ2v) is 8.58. The molecule has 2 aromatic carbocycles. The lowest BCUT2D eigenvalue weighted by Crippen LogP contribution is -2.37. The van der Waals surface area contributed by atoms with E-state index in [2.05, 4.69) is 16.3 Å². The molecular weight excluding hydrogens is 454 g/mol. The third-order valence-electron chi connectivity index (χ3n) is 6.24. The summed E-state index contributed by atoms with van der Waals surface area (Å²) in [4.78, 5) is 29.3. The quantitative estimate of drug-likeness (QED) is 0.465. The van der Waals surface area contributed by atoms with E-state index in [9.17, 15) is 9.59 Å². The topological polar surface area (TPSA) is 90.6 Å². The Morgan fingerprint density at radius 3 is 2.61 bits per heavy atom. The van der Waals surface area contributed by atoms with Crippen molar-refractivity contribution in [1.82, 2.24) is 9.47 Å². The Hall–Kier alpha value is -4.09. The van der Waals surface area contributed by atoms with Gasteiger partial charge in [-0.2, -0.15) is 5.26 Å². The Bertz CT molecular complexity index is 1270. The summed E-state index contributed by atoms with van der Waals surface area (Å²) < 4.78 is 7.42. The molecule has 0 spiro atoms. The molecule has 1 N–H and O–H groups in total. The van der Waals surface area contributed by atoms with Crippen molar-refractivity contribution in [2.24, 2.45) is 0 Å². The maximum Gasteiger partial charge on any atom is 0.247 e. The minimum Gasteiger partial charge on any atom is -0.378 e. The molecular formula is C28H31N5O3. The molecule has 3 aromatic rings. The fraction of sp³-hybridized carbons (Fsp3) is 0.321. The van der Waals surface area contributed by atoms with Crippen LogP contribution in [0.25, 0.3) is 17.0 Å². The van der Waals surface area contributed by atoms with Crippen LogP contribution in [0.4, 0.5) is 11.4 Å². The first-order valence-electron chi connectivity index (χ1n) is 12.2. The van der Waals surface area contributed by atoms with Crippen molar-refractivity contribution in [2.75, 3.05) is 49.6 Å². The first kappa shape index (κ1) is 25.0. The molecule has 2 heterocycles. The van der Waals surface area contributed by atoms with Crippen LogP contribution in [0.3, 0.4) is 0 Å². The van der Waals surface area contributed by atoms with Gasteiger partial charge in [0.25, 0.3) is 0 Å². The molecule has 1 aliphatic heterocycles. The third-order valence-corrected chi connectivity index (χ3v) is 6.24. The molecule has 2 amide bonds. The van der Waals surface area contributed by atoms with Gasteiger partial charge in [-0.05, 0) is 43.3 Å². The van der Waals surface area contributed by atoms with Crippen LogP contribution in [0.5, 0.6) is 0 Å². The highest BCUT2D eigenvalue weighted by atomic mass is 16.5. The van der Waals surface area contributed by atoms with Gasteiger partial charge in [0.2, 0.25) is 11.8 Å². The van der Waals surface area contributed by atoms with Crippen molar-refractivity contribution in [3.63, 3.8) is 0 Å². The molecule has 0 bridgehead atoms. The van der Waals surface area contributed by atoms with Gasteiger partial charge in [-0.3, -0.25) is 9.59 Å². The van der Waals surface area contributed by atoms with Gasteiger partial charge in [-0.1, -0.05) is 18.2 Å². The van der Waals surface area contributed by atoms with Gasteiger partial charge in [-0.25, -0.2) is 0 Å². The third kappa shape index (κ3) is 6.12. The normalized spacial score (nSPS) is 13.6. The molecule has 1 fully saturated rings. The number of ether oxygens (including phenoxy) is 1. The zero-order valence-electron chi connectivity index (χ0n) is 20.5. The van der Waals surface area contributed by atoms with Crippen molar-refractivity contribution in [2.45, 2.75) is 19.9 Å². The number of hydrogen-bond acceptors (Lipinski definition) is 5. The summed E-state index contributed by atoms with van der Waals surface area (Å²) in [6.45, 7) is 5.97. The number of benzene rings is 2. The van der Waals surface area contributed by atoms with E-state index in [1.54, 1.807) is 6.08 Å². The van der Waals surface area contributed by atoms with Gasteiger partial charge < -0.3 is 24.4 Å². The van der Waals surface area contributed by atoms with Gasteiger partial charge in [0.05, 0.1) is 25.7 Å². The molecule has 1 saturated heterocycles. The molecule has 1 aromatic heterocycles. The second-order valence-electron chi connectivity index (χ2n) is 8.58. The van der Waals surface area contributed by atoms with Crippen LogP contribution in [0, 0.1) is 11.3 Å². The summed E-state index contributed by atoms with van der Waals surface area (Å²) in [5.41, 5.74) is 3.71. The van der Waals surface area contributed by atoms with E-state index in [-0.39, 0.29) is 18.4 Å². The molecule has 8 heteroatoms. The van der Waals surface area contributed by atoms with Crippen LogP contribution >= 0.6 is 0 Å². The van der Waals surface area contributed by atoms with Crippen molar-refractivity contribution in [1.29, 1.82) is 5.26 Å². The number of fused-ring (bicyclic) bond motifs is 1. The molecule has 36 heavy (non-hydrogen) atoms. The number of likely N-dealkylation sites (N-methyl/N-ethyl adjacent to an activating group) is 1. The zero-order chi connectivity index (χ0) is 25.3. The minimum absolute atomic E-state index is 0.0329. The fourth-order valence-corrected chi connectivity index (χ4v) is 4.33. The molecule has 0 radical (unpaired) electrons. The van der Waals surface area contributed by atoms with Crippen LogP contribution in [-0.2, 0) is 20.9 Å². The van der Waals surface area contributed by atoms with Crippen LogP contribution in [-0.4, -0.2) is 60.7 Å². The van der Waals surface area contributed by atoms with Crippen molar-refractivity contribution >= 4 is 40.2 Å². The maximum absolute atomic E-state index is 12.9. The smallest absolute Gasteiger partial charge is 0.247 e. The average Bonchev–Trinajstić information content (AvgIpc) is 3.27. The summed E-state index contributed by atoms with van der Waals surface area (Å²) in [5, 5.41) is 12.8. The summed E-state index contributed by atoms with van der Waals surface area (Å²) in [5.74, 6) is -0.477. The number of hydrogen-bond donors (Lipinski definition) is 1. The predicted molar refractivity (Wildman–Crippen MR) is 142 cm³/mol. The van der Waals surface area contributed by atoms with E-state index in [4.69, 9.17) is 10.00 Å². The highest BCUT2D eigenvalue weighted by molar-refractivity contribution is 5.99. The Labute approximate surface area is 211 Å². The van der Waals surface area contributed by atoms with E-state index in [0.29, 0.717) is 25.2 Å². The number of rotatable bonds is 9. The highest BCUT2D eigenvalue weighted by Crippen LogP contribution is 2.23. The number of para-hydroxylation sites is 1. The Morgan fingerprint density at radius 1 is 1.14 bits per heavy atom. The predicted octanol–water partition coefficient (Wildman–Crippen LogP) is 3.89. The van der Waals surface area contributed by atoms with Crippen molar-refractivity contribution in [3.05, 3.63) is 66.4 Å². The number of nitrogens with zero attached hydrogens (tertiary/aromatic N) is 4. The number of aryl methyl sites for hydroxylation is 1. The minimum atomic E-state index is -0.245. The molecule has 0 saturated carbocycles. The summed E-state index contributed by atoms with van der Waals surface area (Å²) in [6.07, 6.45) is 5.65. The number of nitriles is 1. The molecule has 4 rings (SSSR count). The van der Waals surface area contributed by atoms with Crippen molar-refractivity contribution in [3.8, 4) is 6.07 Å². The molecule has 0 unspecified atom stereocenters. The fourth-order valence-electron chi connectivity index (χ4n) is 4.33. The Morgan fingerprint density at radius 2 is 1.89 bits per heavy atom. The lowest BCUT2D eigenvalue weighted by molar-refractivity contribution is -0.130.